The van der Waals surface area contributed by atoms with Gasteiger partial charge in [-0.2, -0.15) is 0 Å². The van der Waals surface area contributed by atoms with Crippen LogP contribution in [0.2, 0.25) is 19.1 Å². The molecule has 50 valence electrons. The van der Waals surface area contributed by atoms with E-state index in [2.05, 4.69) is 26.2 Å². The smallest absolute Gasteiger partial charge is 1.00 e. The Labute approximate surface area is 81.7 Å². The second-order valence-corrected chi connectivity index (χ2v) is 7.39. The van der Waals surface area contributed by atoms with Crippen LogP contribution < -0.4 is 12.4 Å². The van der Waals surface area contributed by atoms with Crippen molar-refractivity contribution in [2.45, 2.75) is 19.1 Å². The van der Waals surface area contributed by atoms with Crippen molar-refractivity contribution in [3.8, 4) is 0 Å². The summed E-state index contributed by atoms with van der Waals surface area (Å²) in [5.41, 5.74) is 0. The number of hydrogen-bond acceptors (Lipinski definition) is 0. The minimum Gasteiger partial charge on any atom is -1.00 e. The molecule has 9 heavy (non-hydrogen) atoms. The largest absolute Gasteiger partial charge is 2.00 e. The van der Waals surface area contributed by atoms with Crippen LogP contribution in [0, 0.1) is 6.55 Å². The van der Waals surface area contributed by atoms with Gasteiger partial charge in [0.25, 0.3) is 0 Å². The van der Waals surface area contributed by atoms with Crippen LogP contribution in [0.1, 0.15) is 0 Å². The number of hydrogen-bond donors (Lipinski definition) is 0. The van der Waals surface area contributed by atoms with Gasteiger partial charge in [0.15, 0.2) is 0 Å². The van der Waals surface area contributed by atoms with Crippen molar-refractivity contribution >= 4 is 31.1 Å². The van der Waals surface area contributed by atoms with Crippen molar-refractivity contribution in [1.82, 2.24) is 0 Å². The third kappa shape index (κ3) is 17.6. The first kappa shape index (κ1) is 16.5. The van der Waals surface area contributed by atoms with E-state index in [9.17, 15) is 0 Å². The van der Waals surface area contributed by atoms with Gasteiger partial charge in [0.05, 0.1) is 0 Å². The third-order valence-corrected chi connectivity index (χ3v) is 2.09. The van der Waals surface area contributed by atoms with Crippen molar-refractivity contribution in [2.24, 2.45) is 0 Å². The van der Waals surface area contributed by atoms with Crippen LogP contribution >= 0.6 is 0 Å². The molecule has 0 aromatic heterocycles. The topological polar surface area (TPSA) is 0 Å². The molecule has 0 aliphatic rings. The van der Waals surface area contributed by atoms with Crippen molar-refractivity contribution in [2.75, 3.05) is 0 Å². The number of rotatable bonds is 2. The summed E-state index contributed by atoms with van der Waals surface area (Å²) in [5.74, 6) is 0. The summed E-state index contributed by atoms with van der Waals surface area (Å²) in [7, 11) is -1.03. The second kappa shape index (κ2) is 7.12. The molecule has 0 aliphatic heterocycles. The van der Waals surface area contributed by atoms with Gasteiger partial charge in [-0.15, -0.1) is 6.58 Å². The first-order chi connectivity index (χ1) is 3.06. The molecule has 3 heteroatoms. The molecule has 0 spiro atoms. The van der Waals surface area contributed by atoms with Gasteiger partial charge in [-0.3, -0.25) is 0 Å². The van der Waals surface area contributed by atoms with Crippen molar-refractivity contribution in [3.05, 3.63) is 19.2 Å². The molecule has 0 fully saturated rings. The fourth-order valence-electron chi connectivity index (χ4n) is 0.391. The maximum Gasteiger partial charge on any atom is 2.00 e. The van der Waals surface area contributed by atoms with Crippen molar-refractivity contribution < 1.29 is 12.4 Å². The molecule has 0 atom stereocenters. The molecule has 0 aromatic rings. The minimum absolute atomic E-state index is 0. The number of halogens is 1. The Morgan fingerprint density at radius 1 is 1.56 bits per heavy atom. The van der Waals surface area contributed by atoms with Crippen LogP contribution in [-0.4, -0.2) is 31.1 Å². The van der Waals surface area contributed by atoms with Gasteiger partial charge in [-0.1, -0.05) is 33.3 Å². The van der Waals surface area contributed by atoms with E-state index < -0.39 is 8.07 Å². The molecule has 0 radical (unpaired) electrons. The zero-order chi connectivity index (χ0) is 5.91. The molecule has 0 amide bonds. The summed E-state index contributed by atoms with van der Waals surface area (Å²) in [5, 5.41) is 0. The second-order valence-electron chi connectivity index (χ2n) is 2.66. The summed E-state index contributed by atoms with van der Waals surface area (Å²) in [6.45, 7) is 12.1. The third-order valence-electron chi connectivity index (χ3n) is 0.697. The van der Waals surface area contributed by atoms with E-state index in [-0.39, 0.29) is 35.5 Å². The van der Waals surface area contributed by atoms with E-state index in [4.69, 9.17) is 0 Å². The molecule has 0 heterocycles. The Bertz CT molecular complexity index is 67.9. The Morgan fingerprint density at radius 3 is 1.89 bits per heavy atom. The molecular weight excluding hydrogens is 160 g/mol. The summed E-state index contributed by atoms with van der Waals surface area (Å²) < 4.78 is 0. The molecule has 0 bridgehead atoms. The Kier molecular flexibility index (Phi) is 13.1. The van der Waals surface area contributed by atoms with Crippen molar-refractivity contribution in [1.29, 1.82) is 0 Å². The molecular formula is C6H13ClMgSi. The Morgan fingerprint density at radius 2 is 1.89 bits per heavy atom. The van der Waals surface area contributed by atoms with E-state index in [1.54, 1.807) is 0 Å². The first-order valence-corrected chi connectivity index (χ1v) is 5.94. The van der Waals surface area contributed by atoms with Crippen LogP contribution in [0.4, 0.5) is 0 Å². The van der Waals surface area contributed by atoms with Crippen molar-refractivity contribution in [3.63, 3.8) is 0 Å². The molecule has 0 aromatic carbocycles. The van der Waals surface area contributed by atoms with E-state index in [0.29, 0.717) is 0 Å². The molecule has 0 N–H and O–H groups in total. The van der Waals surface area contributed by atoms with Gasteiger partial charge in [0.2, 0.25) is 0 Å². The number of allylic oxidation sites excluding steroid dienone is 1. The van der Waals surface area contributed by atoms with Crippen LogP contribution in [0.25, 0.3) is 0 Å². The maximum absolute atomic E-state index is 4.03. The van der Waals surface area contributed by atoms with Crippen LogP contribution in [0.3, 0.4) is 0 Å². The summed E-state index contributed by atoms with van der Waals surface area (Å²) in [6, 6.07) is 1.13. The monoisotopic (exact) mass is 172 g/mol. The maximum atomic E-state index is 4.03. The molecule has 0 saturated carbocycles. The molecule has 0 aliphatic carbocycles. The van der Waals surface area contributed by atoms with Crippen LogP contribution in [0.5, 0.6) is 0 Å². The molecule has 0 rings (SSSR count). The Balaban J connectivity index is -0.000000180. The summed E-state index contributed by atoms with van der Waals surface area (Å²) >= 11 is 0. The predicted molar refractivity (Wildman–Crippen MR) is 43.6 cm³/mol. The fourth-order valence-corrected chi connectivity index (χ4v) is 1.17. The molecule has 0 nitrogen and oxygen atoms in total. The predicted octanol–water partition coefficient (Wildman–Crippen LogP) is -1.12. The van der Waals surface area contributed by atoms with Gasteiger partial charge in [-0.25, -0.2) is 0 Å². The van der Waals surface area contributed by atoms with Gasteiger partial charge in [0, 0.05) is 0 Å². The van der Waals surface area contributed by atoms with E-state index in [1.807, 2.05) is 6.08 Å². The Hall–Kier alpha value is 1.01. The zero-order valence-corrected chi connectivity index (χ0v) is 9.45. The zero-order valence-electron chi connectivity index (χ0n) is 6.28. The standard InChI is InChI=1S/C6H13Si.ClH.Mg/c1-5-6-7(2,3)4;;/h5H,1-2,6H2,3-4H3;1H;/q-1;;+2/p-1. The quantitative estimate of drug-likeness (QED) is 0.282. The van der Waals surface area contributed by atoms with Gasteiger partial charge >= 0.3 is 23.1 Å². The first-order valence-electron chi connectivity index (χ1n) is 2.52. The van der Waals surface area contributed by atoms with E-state index >= 15 is 0 Å². The minimum atomic E-state index is -1.03. The fraction of sp³-hybridized carbons (Fsp3) is 0.500. The van der Waals surface area contributed by atoms with Gasteiger partial charge < -0.3 is 19.0 Å². The van der Waals surface area contributed by atoms with Crippen LogP contribution in [-0.2, 0) is 0 Å². The molecule has 0 unspecified atom stereocenters. The molecule has 0 saturated heterocycles. The average molecular weight is 173 g/mol. The van der Waals surface area contributed by atoms with Gasteiger partial charge in [-0.05, 0) is 0 Å². The van der Waals surface area contributed by atoms with E-state index in [0.717, 1.165) is 6.04 Å². The summed E-state index contributed by atoms with van der Waals surface area (Å²) in [6.07, 6.45) is 1.96. The SMILES string of the molecule is C=CC[Si]([CH2-])(C)C.[Cl-].[Mg+2]. The van der Waals surface area contributed by atoms with Gasteiger partial charge in [0.1, 0.15) is 0 Å². The average Bonchev–Trinajstić information content (AvgIpc) is 1.30. The van der Waals surface area contributed by atoms with E-state index in [1.165, 1.54) is 0 Å². The normalized spacial score (nSPS) is 8.78. The van der Waals surface area contributed by atoms with Crippen LogP contribution in [0.15, 0.2) is 12.7 Å². The summed E-state index contributed by atoms with van der Waals surface area (Å²) in [4.78, 5) is 0.